The molecule has 2 rings (SSSR count). The number of aliphatic imine (C=N–C) groups is 2. The van der Waals surface area contributed by atoms with E-state index in [1.165, 1.54) is 12.8 Å². The first-order valence-electron chi connectivity index (χ1n) is 14.9. The van der Waals surface area contributed by atoms with Crippen molar-refractivity contribution >= 4 is 79.9 Å². The van der Waals surface area contributed by atoms with E-state index in [2.05, 4.69) is 27.0 Å². The van der Waals surface area contributed by atoms with Gasteiger partial charge in [0.2, 0.25) is 11.8 Å². The van der Waals surface area contributed by atoms with E-state index in [1.54, 1.807) is 0 Å². The molecule has 2 amide bonds. The van der Waals surface area contributed by atoms with Crippen LogP contribution in [0.3, 0.4) is 0 Å². The van der Waals surface area contributed by atoms with E-state index in [0.717, 1.165) is 75.3 Å². The maximum atomic E-state index is 12.3. The number of thioether (sulfide) groups is 2. The predicted octanol–water partition coefficient (Wildman–Crippen LogP) is 2.34. The third-order valence-corrected chi connectivity index (χ3v) is 13.6. The van der Waals surface area contributed by atoms with Crippen molar-refractivity contribution in [3.05, 3.63) is 0 Å². The molecule has 42 heavy (non-hydrogen) atoms. The maximum absolute atomic E-state index is 12.3. The normalized spacial score (nSPS) is 23.9. The second kappa shape index (κ2) is 20.8. The number of hydrogen-bond donors (Lipinski definition) is 5. The first kappa shape index (κ1) is 37.1. The molecule has 0 aromatic rings. The van der Waals surface area contributed by atoms with E-state index >= 15 is 0 Å². The molecule has 14 heteroatoms. The van der Waals surface area contributed by atoms with Crippen LogP contribution in [-0.2, 0) is 9.59 Å². The molecular weight excluding hydrogens is 609 g/mol. The highest BCUT2D eigenvalue weighted by atomic mass is 32.2. The topological polar surface area (TPSA) is 178 Å². The number of rotatable bonds is 22. The molecule has 2 saturated carbocycles. The number of nitrogens with two attached hydrogens (primary N) is 4. The molecule has 0 bridgehead atoms. The van der Waals surface area contributed by atoms with E-state index in [1.807, 2.05) is 34.1 Å². The molecule has 9 N–H and O–H groups in total. The largest absolute Gasteiger partial charge is 0.387 e. The van der Waals surface area contributed by atoms with Crippen molar-refractivity contribution in [3.8, 4) is 0 Å². The summed E-state index contributed by atoms with van der Waals surface area (Å²) in [6.45, 7) is 1.54. The Kier molecular flexibility index (Phi) is 18.4. The van der Waals surface area contributed by atoms with Crippen molar-refractivity contribution in [3.63, 3.8) is 0 Å². The molecule has 2 aliphatic rings. The van der Waals surface area contributed by atoms with Gasteiger partial charge in [-0.3, -0.25) is 23.9 Å². The predicted molar refractivity (Wildman–Crippen MR) is 193 cm³/mol. The summed E-state index contributed by atoms with van der Waals surface area (Å²) in [6.07, 6.45) is 12.4. The van der Waals surface area contributed by atoms with Crippen LogP contribution >= 0.6 is 44.7 Å². The SMILES string of the molecule is C=S(CN=C(N)CCCCCCC(N)=NCCSC1CCC1SCCNC(=O)CN)C1CCC1N(C(=O)CN)S(=C)C. The van der Waals surface area contributed by atoms with Gasteiger partial charge in [-0.2, -0.15) is 34.0 Å². The minimum atomic E-state index is -0.388. The lowest BCUT2D eigenvalue weighted by Gasteiger charge is -2.45. The van der Waals surface area contributed by atoms with Crippen LogP contribution in [0.25, 0.3) is 0 Å². The first-order chi connectivity index (χ1) is 20.2. The van der Waals surface area contributed by atoms with Crippen LogP contribution in [0.4, 0.5) is 0 Å². The van der Waals surface area contributed by atoms with Gasteiger partial charge in [0.05, 0.1) is 36.7 Å². The second-order valence-electron chi connectivity index (χ2n) is 10.8. The van der Waals surface area contributed by atoms with Crippen LogP contribution in [0.15, 0.2) is 9.98 Å². The van der Waals surface area contributed by atoms with Gasteiger partial charge in [0.25, 0.3) is 0 Å². The molecule has 2 aliphatic carbocycles. The first-order valence-corrected chi connectivity index (χ1v) is 20.4. The van der Waals surface area contributed by atoms with Gasteiger partial charge in [0, 0.05) is 53.2 Å². The molecule has 0 saturated heterocycles. The molecule has 242 valence electrons. The second-order valence-corrected chi connectivity index (χ2v) is 17.0. The van der Waals surface area contributed by atoms with Crippen molar-refractivity contribution in [1.29, 1.82) is 0 Å². The molecule has 10 nitrogen and oxygen atoms in total. The summed E-state index contributed by atoms with van der Waals surface area (Å²) in [4.78, 5) is 32.7. The van der Waals surface area contributed by atoms with Crippen LogP contribution in [-0.4, -0.2) is 111 Å². The van der Waals surface area contributed by atoms with E-state index < -0.39 is 0 Å². The smallest absolute Gasteiger partial charge is 0.246 e. The number of amidine groups is 2. The Morgan fingerprint density at radius 1 is 0.905 bits per heavy atom. The Labute approximate surface area is 266 Å². The van der Waals surface area contributed by atoms with E-state index in [0.29, 0.717) is 34.0 Å². The Morgan fingerprint density at radius 2 is 1.52 bits per heavy atom. The highest BCUT2D eigenvalue weighted by Gasteiger charge is 2.39. The lowest BCUT2D eigenvalue weighted by Crippen LogP contribution is -2.51. The number of nitrogens with one attached hydrogen (secondary N) is 1. The standard InChI is InChI=1S/C28H54N8O2S4/c1-41(2)36(28(38)19-30)21-10-13-24(21)42(3)20-35-26(32)9-7-5-4-6-8-25(31)33-14-16-39-22-11-12-23(22)40-17-15-34-27(37)18-29/h21-24H,1,3-20,29-30H2,2H3,(H2,31,33)(H2,32,35)(H,34,37). The molecule has 2 fully saturated rings. The third-order valence-electron chi connectivity index (χ3n) is 7.54. The summed E-state index contributed by atoms with van der Waals surface area (Å²) in [5.41, 5.74) is 23.3. The van der Waals surface area contributed by atoms with E-state index in [-0.39, 0.29) is 52.1 Å². The zero-order chi connectivity index (χ0) is 30.9. The number of carbonyl (C=O) groups excluding carboxylic acids is 2. The van der Waals surface area contributed by atoms with Crippen molar-refractivity contribution in [2.45, 2.75) is 86.0 Å². The summed E-state index contributed by atoms with van der Waals surface area (Å²) in [7, 11) is -0.569. The summed E-state index contributed by atoms with van der Waals surface area (Å²) in [6, 6.07) is 0.174. The van der Waals surface area contributed by atoms with Crippen LogP contribution in [0, 0.1) is 0 Å². The highest BCUT2D eigenvalue weighted by Crippen LogP contribution is 2.42. The quantitative estimate of drug-likeness (QED) is 0.0507. The molecule has 6 unspecified atom stereocenters. The molecule has 6 atom stereocenters. The molecule has 0 aromatic heterocycles. The molecule has 0 spiro atoms. The summed E-state index contributed by atoms with van der Waals surface area (Å²) in [5, 5.41) is 4.53. The lowest BCUT2D eigenvalue weighted by molar-refractivity contribution is -0.127. The fraction of sp³-hybridized carbons (Fsp3) is 0.786. The molecule has 0 aliphatic heterocycles. The van der Waals surface area contributed by atoms with Crippen LogP contribution in [0.2, 0.25) is 0 Å². The van der Waals surface area contributed by atoms with E-state index in [9.17, 15) is 9.59 Å². The van der Waals surface area contributed by atoms with Crippen molar-refractivity contribution < 1.29 is 9.59 Å². The molecule has 0 aromatic carbocycles. The van der Waals surface area contributed by atoms with Gasteiger partial charge in [-0.05, 0) is 44.8 Å². The highest BCUT2D eigenvalue weighted by molar-refractivity contribution is 8.15. The number of carbonyl (C=O) groups is 2. The Hall–Kier alpha value is -1.06. The summed E-state index contributed by atoms with van der Waals surface area (Å²) >= 11 is 3.94. The molecule has 0 radical (unpaired) electrons. The van der Waals surface area contributed by atoms with Crippen molar-refractivity contribution in [2.24, 2.45) is 32.9 Å². The summed E-state index contributed by atoms with van der Waals surface area (Å²) < 4.78 is 1.87. The van der Waals surface area contributed by atoms with Crippen LogP contribution < -0.4 is 28.3 Å². The third kappa shape index (κ3) is 13.3. The van der Waals surface area contributed by atoms with E-state index in [4.69, 9.17) is 22.9 Å². The maximum Gasteiger partial charge on any atom is 0.246 e. The Morgan fingerprint density at radius 3 is 2.05 bits per heavy atom. The zero-order valence-electron chi connectivity index (χ0n) is 25.3. The number of unbranched alkanes of at least 4 members (excludes halogenated alkanes) is 3. The van der Waals surface area contributed by atoms with Gasteiger partial charge in [-0.1, -0.05) is 24.6 Å². The minimum Gasteiger partial charge on any atom is -0.387 e. The zero-order valence-corrected chi connectivity index (χ0v) is 28.6. The number of amides is 2. The van der Waals surface area contributed by atoms with Gasteiger partial charge in [-0.15, -0.1) is 10.7 Å². The minimum absolute atomic E-state index is 0.0208. The van der Waals surface area contributed by atoms with Gasteiger partial charge in [-0.25, -0.2) is 0 Å². The van der Waals surface area contributed by atoms with Gasteiger partial charge < -0.3 is 28.3 Å². The van der Waals surface area contributed by atoms with Crippen molar-refractivity contribution in [1.82, 2.24) is 9.62 Å². The number of hydrogen-bond acceptors (Lipinski definition) is 8. The molecule has 0 heterocycles. The van der Waals surface area contributed by atoms with Gasteiger partial charge >= 0.3 is 0 Å². The van der Waals surface area contributed by atoms with Crippen molar-refractivity contribution in [2.75, 3.05) is 49.8 Å². The lowest BCUT2D eigenvalue weighted by atomic mass is 9.92. The summed E-state index contributed by atoms with van der Waals surface area (Å²) in [5.74, 6) is 12.3. The Balaban J connectivity index is 1.51. The fourth-order valence-electron chi connectivity index (χ4n) is 4.86. The Bertz CT molecular complexity index is 964. The van der Waals surface area contributed by atoms with Crippen LogP contribution in [0.5, 0.6) is 0 Å². The average molecular weight is 663 g/mol. The fourth-order valence-corrected chi connectivity index (χ4v) is 10.6. The van der Waals surface area contributed by atoms with Gasteiger partial charge in [0.1, 0.15) is 0 Å². The molecular formula is C28H54N8O2S4. The van der Waals surface area contributed by atoms with Gasteiger partial charge in [0.15, 0.2) is 0 Å². The number of nitrogens with zero attached hydrogens (tertiary/aromatic N) is 3. The van der Waals surface area contributed by atoms with Crippen LogP contribution in [0.1, 0.15) is 64.2 Å². The monoisotopic (exact) mass is 662 g/mol. The average Bonchev–Trinajstić information content (AvgIpc) is 2.94.